The van der Waals surface area contributed by atoms with E-state index in [-0.39, 0.29) is 0 Å². The number of aromatic nitrogens is 5. The van der Waals surface area contributed by atoms with Gasteiger partial charge in [0.2, 0.25) is 5.89 Å². The largest absolute Gasteiger partial charge is 0.443 e. The Kier molecular flexibility index (Phi) is 5.89. The van der Waals surface area contributed by atoms with E-state index >= 15 is 0 Å². The molecule has 2 aromatic carbocycles. The molecule has 5 rings (SSSR count). The molecule has 0 amide bonds. The second kappa shape index (κ2) is 9.28. The number of rotatable bonds is 9. The van der Waals surface area contributed by atoms with Crippen LogP contribution >= 0.6 is 11.6 Å². The molecule has 0 aliphatic rings. The van der Waals surface area contributed by atoms with Gasteiger partial charge in [-0.3, -0.25) is 4.68 Å². The molecule has 0 saturated carbocycles. The normalized spacial score (nSPS) is 11.3. The van der Waals surface area contributed by atoms with Crippen LogP contribution in [-0.4, -0.2) is 25.0 Å². The maximum Gasteiger partial charge on any atom is 0.243 e. The van der Waals surface area contributed by atoms with Crippen LogP contribution in [0.3, 0.4) is 0 Å². The van der Waals surface area contributed by atoms with Gasteiger partial charge in [-0.2, -0.15) is 0 Å². The van der Waals surface area contributed by atoms with Gasteiger partial charge in [-0.05, 0) is 61.2 Å². The van der Waals surface area contributed by atoms with Gasteiger partial charge in [0, 0.05) is 34.4 Å². The van der Waals surface area contributed by atoms with Crippen molar-refractivity contribution in [2.45, 2.75) is 32.4 Å². The number of halogens is 1. The molecule has 3 heterocycles. The summed E-state index contributed by atoms with van der Waals surface area (Å²) in [5.41, 5.74) is 5.06. The third-order valence-electron chi connectivity index (χ3n) is 5.37. The molecule has 7 nitrogen and oxygen atoms in total. The third kappa shape index (κ3) is 4.84. The van der Waals surface area contributed by atoms with E-state index in [2.05, 4.69) is 49.9 Å². The molecular weight excluding hydrogens is 424 g/mol. The number of anilines is 1. The Balaban J connectivity index is 1.12. The fourth-order valence-electron chi connectivity index (χ4n) is 3.67. The first-order valence-electron chi connectivity index (χ1n) is 10.6. The van der Waals surface area contributed by atoms with Crippen molar-refractivity contribution in [2.75, 3.05) is 5.32 Å². The number of oxazole rings is 1. The Hall–Kier alpha value is -3.58. The summed E-state index contributed by atoms with van der Waals surface area (Å²) >= 11 is 6.07. The molecule has 0 unspecified atom stereocenters. The van der Waals surface area contributed by atoms with Crippen LogP contribution in [0.1, 0.15) is 24.1 Å². The highest BCUT2D eigenvalue weighted by Gasteiger charge is 2.10. The van der Waals surface area contributed by atoms with Gasteiger partial charge >= 0.3 is 0 Å². The van der Waals surface area contributed by atoms with E-state index in [0.29, 0.717) is 17.5 Å². The lowest BCUT2D eigenvalue weighted by Gasteiger charge is -2.06. The Morgan fingerprint density at radius 3 is 2.81 bits per heavy atom. The van der Waals surface area contributed by atoms with Crippen LogP contribution in [0.2, 0.25) is 5.02 Å². The van der Waals surface area contributed by atoms with Crippen LogP contribution in [0.5, 0.6) is 0 Å². The lowest BCUT2D eigenvalue weighted by molar-refractivity contribution is 0.541. The van der Waals surface area contributed by atoms with Crippen LogP contribution in [0, 0.1) is 0 Å². The Labute approximate surface area is 190 Å². The van der Waals surface area contributed by atoms with E-state index in [1.807, 2.05) is 35.1 Å². The van der Waals surface area contributed by atoms with Crippen molar-refractivity contribution in [1.29, 1.82) is 0 Å². The van der Waals surface area contributed by atoms with Crippen molar-refractivity contribution in [1.82, 2.24) is 25.0 Å². The molecule has 5 aromatic rings. The minimum Gasteiger partial charge on any atom is -0.443 e. The topological polar surface area (TPSA) is 84.6 Å². The summed E-state index contributed by atoms with van der Waals surface area (Å²) < 4.78 is 7.55. The number of hydrogen-bond acceptors (Lipinski definition) is 5. The average molecular weight is 447 g/mol. The Morgan fingerprint density at radius 2 is 1.97 bits per heavy atom. The van der Waals surface area contributed by atoms with Crippen LogP contribution < -0.4 is 5.32 Å². The molecule has 0 saturated heterocycles. The van der Waals surface area contributed by atoms with Crippen molar-refractivity contribution in [3.63, 3.8) is 0 Å². The lowest BCUT2D eigenvalue weighted by Crippen LogP contribution is -2.00. The summed E-state index contributed by atoms with van der Waals surface area (Å²) in [5.74, 6) is 0.565. The maximum absolute atomic E-state index is 6.07. The molecule has 3 aromatic heterocycles. The zero-order chi connectivity index (χ0) is 21.8. The number of benzene rings is 2. The summed E-state index contributed by atoms with van der Waals surface area (Å²) in [5, 5.41) is 13.0. The molecule has 0 fully saturated rings. The molecule has 0 aliphatic carbocycles. The van der Waals surface area contributed by atoms with Gasteiger partial charge in [-0.15, -0.1) is 5.10 Å². The summed E-state index contributed by atoms with van der Waals surface area (Å²) in [7, 11) is 0. The molecular formula is C24H23ClN6O. The van der Waals surface area contributed by atoms with Gasteiger partial charge in [0.05, 0.1) is 18.4 Å². The first-order chi connectivity index (χ1) is 15.7. The van der Waals surface area contributed by atoms with E-state index < -0.39 is 0 Å². The van der Waals surface area contributed by atoms with Crippen LogP contribution in [0.25, 0.3) is 22.5 Å². The minimum atomic E-state index is 0.565. The first kappa shape index (κ1) is 20.3. The van der Waals surface area contributed by atoms with E-state index in [0.717, 1.165) is 53.8 Å². The first-order valence-corrected chi connectivity index (χ1v) is 11.0. The molecule has 2 N–H and O–H groups in total. The van der Waals surface area contributed by atoms with E-state index in [9.17, 15) is 0 Å². The van der Waals surface area contributed by atoms with Crippen LogP contribution in [-0.2, 0) is 19.5 Å². The number of nitrogens with zero attached hydrogens (tertiary/aromatic N) is 4. The second-order valence-corrected chi connectivity index (χ2v) is 8.17. The van der Waals surface area contributed by atoms with E-state index in [1.165, 1.54) is 5.56 Å². The van der Waals surface area contributed by atoms with Gasteiger partial charge in [0.25, 0.3) is 0 Å². The summed E-state index contributed by atoms with van der Waals surface area (Å²) in [6, 6.07) is 16.3. The predicted octanol–water partition coefficient (Wildman–Crippen LogP) is 5.70. The van der Waals surface area contributed by atoms with Gasteiger partial charge in [0.15, 0.2) is 0 Å². The Morgan fingerprint density at radius 1 is 1.06 bits per heavy atom. The average Bonchev–Trinajstić information content (AvgIpc) is 3.56. The molecule has 8 heteroatoms. The Bertz CT molecular complexity index is 1290. The fourth-order valence-corrected chi connectivity index (χ4v) is 3.85. The zero-order valence-corrected chi connectivity index (χ0v) is 18.2. The quantitative estimate of drug-likeness (QED) is 0.283. The van der Waals surface area contributed by atoms with Gasteiger partial charge in [-0.1, -0.05) is 28.9 Å². The van der Waals surface area contributed by atoms with Crippen molar-refractivity contribution in [3.8, 4) is 11.6 Å². The molecule has 162 valence electrons. The van der Waals surface area contributed by atoms with Crippen molar-refractivity contribution < 1.29 is 4.42 Å². The summed E-state index contributed by atoms with van der Waals surface area (Å²) in [6.45, 7) is 1.50. The number of nitrogens with one attached hydrogen (secondary N) is 2. The monoisotopic (exact) mass is 446 g/mol. The minimum absolute atomic E-state index is 0.565. The second-order valence-electron chi connectivity index (χ2n) is 7.73. The highest BCUT2D eigenvalue weighted by atomic mass is 35.5. The van der Waals surface area contributed by atoms with Gasteiger partial charge in [-0.25, -0.2) is 4.98 Å². The van der Waals surface area contributed by atoms with Crippen LogP contribution in [0.15, 0.2) is 71.6 Å². The molecule has 0 atom stereocenters. The third-order valence-corrected chi connectivity index (χ3v) is 5.60. The lowest BCUT2D eigenvalue weighted by atomic mass is 10.1. The van der Waals surface area contributed by atoms with Crippen molar-refractivity contribution in [2.24, 2.45) is 0 Å². The highest BCUT2D eigenvalue weighted by molar-refractivity contribution is 6.31. The molecule has 32 heavy (non-hydrogen) atoms. The van der Waals surface area contributed by atoms with Crippen molar-refractivity contribution in [3.05, 3.63) is 83.5 Å². The smallest absolute Gasteiger partial charge is 0.243 e. The number of fused-ring (bicyclic) bond motifs is 1. The van der Waals surface area contributed by atoms with Gasteiger partial charge in [0.1, 0.15) is 12.0 Å². The molecule has 0 aliphatic heterocycles. The van der Waals surface area contributed by atoms with Crippen LogP contribution in [0.4, 0.5) is 5.69 Å². The van der Waals surface area contributed by atoms with E-state index in [4.69, 9.17) is 16.0 Å². The molecule has 0 bridgehead atoms. The van der Waals surface area contributed by atoms with Crippen molar-refractivity contribution >= 4 is 28.2 Å². The number of unbranched alkanes of at least 4 members (excludes halogenated alkanes) is 1. The summed E-state index contributed by atoms with van der Waals surface area (Å²) in [6.07, 6.45) is 8.55. The standard InChI is InChI=1S/C24H23ClN6O/c25-19-6-9-22-18(13-19)14-23(29-22)24-28-21(16-32-24)15-26-20-7-4-17(5-8-20)3-1-2-11-31-12-10-27-30-31/h4-10,12-14,16,26,29H,1-3,11,15H2. The number of hydrogen-bond donors (Lipinski definition) is 2. The van der Waals surface area contributed by atoms with Gasteiger partial charge < -0.3 is 14.7 Å². The predicted molar refractivity (Wildman–Crippen MR) is 126 cm³/mol. The number of aromatic amines is 1. The maximum atomic E-state index is 6.07. The zero-order valence-electron chi connectivity index (χ0n) is 17.5. The fraction of sp³-hybridized carbons (Fsp3) is 0.208. The number of H-pyrrole nitrogens is 1. The molecule has 0 radical (unpaired) electrons. The summed E-state index contributed by atoms with van der Waals surface area (Å²) in [4.78, 5) is 7.91. The number of aryl methyl sites for hydroxylation is 2. The highest BCUT2D eigenvalue weighted by Crippen LogP contribution is 2.26. The SMILES string of the molecule is Clc1ccc2[nH]c(-c3nc(CNc4ccc(CCCCn5ccnn5)cc4)co3)cc2c1. The van der Waals surface area contributed by atoms with E-state index in [1.54, 1.807) is 12.5 Å². The molecule has 0 spiro atoms.